The molecular weight excluding hydrogens is 753 g/mol. The molecule has 0 unspecified atom stereocenters. The van der Waals surface area contributed by atoms with Crippen molar-refractivity contribution in [2.45, 2.75) is 0 Å². The van der Waals surface area contributed by atoms with Crippen molar-refractivity contribution in [2.24, 2.45) is 0 Å². The fourth-order valence-electron chi connectivity index (χ4n) is 9.90. The molecular formula is C54H30N4OS. The molecule has 278 valence electrons. The van der Waals surface area contributed by atoms with Gasteiger partial charge in [0.15, 0.2) is 0 Å². The maximum absolute atomic E-state index is 6.60. The molecule has 0 atom stereocenters. The summed E-state index contributed by atoms with van der Waals surface area (Å²) in [6.07, 6.45) is 0. The number of fused-ring (bicyclic) bond motifs is 16. The summed E-state index contributed by atoms with van der Waals surface area (Å²) in [6.45, 7) is 0. The van der Waals surface area contributed by atoms with Crippen molar-refractivity contribution in [1.29, 1.82) is 0 Å². The van der Waals surface area contributed by atoms with Gasteiger partial charge >= 0.3 is 0 Å². The van der Waals surface area contributed by atoms with Crippen LogP contribution in [0.5, 0.6) is 0 Å². The van der Waals surface area contributed by atoms with Gasteiger partial charge in [0.2, 0.25) is 5.95 Å². The molecule has 5 aromatic heterocycles. The zero-order chi connectivity index (χ0) is 39.1. The van der Waals surface area contributed by atoms with Crippen molar-refractivity contribution < 1.29 is 4.42 Å². The Labute approximate surface area is 345 Å². The van der Waals surface area contributed by atoms with Crippen LogP contribution in [0, 0.1) is 0 Å². The highest BCUT2D eigenvalue weighted by atomic mass is 32.1. The van der Waals surface area contributed by atoms with Gasteiger partial charge in [0.05, 0.1) is 38.0 Å². The average Bonchev–Trinajstić information content (AvgIpc) is 4.06. The molecule has 6 heteroatoms. The van der Waals surface area contributed by atoms with Gasteiger partial charge in [0, 0.05) is 53.7 Å². The van der Waals surface area contributed by atoms with E-state index in [0.717, 1.165) is 70.9 Å². The largest absolute Gasteiger partial charge is 0.456 e. The Hall–Kier alpha value is -7.80. The third kappa shape index (κ3) is 4.35. The van der Waals surface area contributed by atoms with Crippen LogP contribution in [0.2, 0.25) is 0 Å². The minimum absolute atomic E-state index is 0.636. The molecule has 60 heavy (non-hydrogen) atoms. The summed E-state index contributed by atoms with van der Waals surface area (Å²) < 4.78 is 13.5. The predicted molar refractivity (Wildman–Crippen MR) is 251 cm³/mol. The standard InChI is InChI=1S/C54H30N4OS/c1-3-13-35-31(11-1)22-26-45-49(35)41-30-34(57-42-18-8-5-15-37(42)38-16-6-9-19-43(38)57)24-27-44(41)58(45)54-55-51(53-52(56-54)40-17-7-10-20-48(40)60-53)33-21-25-39-47(29-33)59-46-28-23-32-12-2-4-14-36(32)50(39)46/h1-30H. The van der Waals surface area contributed by atoms with Crippen molar-refractivity contribution in [3.05, 3.63) is 182 Å². The van der Waals surface area contributed by atoms with Gasteiger partial charge in [-0.3, -0.25) is 4.57 Å². The van der Waals surface area contributed by atoms with Gasteiger partial charge in [-0.1, -0.05) is 121 Å². The highest BCUT2D eigenvalue weighted by molar-refractivity contribution is 7.26. The topological polar surface area (TPSA) is 48.8 Å². The fraction of sp³-hybridized carbons (Fsp3) is 0. The Morgan fingerprint density at radius 3 is 1.83 bits per heavy atom. The van der Waals surface area contributed by atoms with Crippen molar-refractivity contribution in [1.82, 2.24) is 19.1 Å². The number of para-hydroxylation sites is 2. The molecule has 9 aromatic carbocycles. The van der Waals surface area contributed by atoms with Crippen LogP contribution < -0.4 is 0 Å². The highest BCUT2D eigenvalue weighted by Crippen LogP contribution is 2.44. The van der Waals surface area contributed by atoms with Crippen LogP contribution >= 0.6 is 11.3 Å². The monoisotopic (exact) mass is 782 g/mol. The van der Waals surface area contributed by atoms with Gasteiger partial charge in [-0.2, -0.15) is 0 Å². The number of aromatic nitrogens is 4. The number of furan rings is 1. The summed E-state index contributed by atoms with van der Waals surface area (Å²) in [5.74, 6) is 0.636. The van der Waals surface area contributed by atoms with Gasteiger partial charge in [-0.15, -0.1) is 11.3 Å². The van der Waals surface area contributed by atoms with E-state index in [1.54, 1.807) is 11.3 Å². The Bertz CT molecular complexity index is 4090. The number of nitrogens with zero attached hydrogens (tertiary/aromatic N) is 4. The molecule has 0 aliphatic heterocycles. The first-order valence-corrected chi connectivity index (χ1v) is 21.1. The molecule has 0 spiro atoms. The van der Waals surface area contributed by atoms with Crippen LogP contribution in [-0.4, -0.2) is 19.1 Å². The molecule has 14 aromatic rings. The number of rotatable bonds is 3. The first kappa shape index (κ1) is 32.2. The van der Waals surface area contributed by atoms with Crippen LogP contribution in [0.1, 0.15) is 0 Å². The lowest BCUT2D eigenvalue weighted by Gasteiger charge is -2.11. The molecule has 0 radical (unpaired) electrons. The summed E-state index contributed by atoms with van der Waals surface area (Å²) in [5.41, 5.74) is 10.1. The summed E-state index contributed by atoms with van der Waals surface area (Å²) in [5, 5.41) is 13.0. The van der Waals surface area contributed by atoms with Crippen LogP contribution in [0.3, 0.4) is 0 Å². The highest BCUT2D eigenvalue weighted by Gasteiger charge is 2.23. The van der Waals surface area contributed by atoms with E-state index in [1.165, 1.54) is 53.4 Å². The molecule has 0 saturated carbocycles. The minimum Gasteiger partial charge on any atom is -0.456 e. The van der Waals surface area contributed by atoms with E-state index in [0.29, 0.717) is 5.95 Å². The lowest BCUT2D eigenvalue weighted by atomic mass is 10.0. The van der Waals surface area contributed by atoms with Gasteiger partial charge in [-0.25, -0.2) is 9.97 Å². The minimum atomic E-state index is 0.636. The van der Waals surface area contributed by atoms with Crippen LogP contribution in [0.4, 0.5) is 0 Å². The van der Waals surface area contributed by atoms with E-state index >= 15 is 0 Å². The van der Waals surface area contributed by atoms with Crippen molar-refractivity contribution in [3.63, 3.8) is 0 Å². The molecule has 0 saturated heterocycles. The van der Waals surface area contributed by atoms with E-state index in [2.05, 4.69) is 191 Å². The fourth-order valence-corrected chi connectivity index (χ4v) is 11.1. The summed E-state index contributed by atoms with van der Waals surface area (Å²) in [4.78, 5) is 11.1. The molecule has 0 aliphatic rings. The normalized spacial score (nSPS) is 12.3. The van der Waals surface area contributed by atoms with E-state index in [9.17, 15) is 0 Å². The maximum Gasteiger partial charge on any atom is 0.235 e. The molecule has 0 amide bonds. The van der Waals surface area contributed by atoms with Gasteiger partial charge in [0.25, 0.3) is 0 Å². The van der Waals surface area contributed by atoms with E-state index in [-0.39, 0.29) is 0 Å². The molecule has 5 heterocycles. The SMILES string of the molecule is c1ccc2c(c1)ccc1oc3cc(-c4nc(-n5c6ccc(-n7c8ccccc8c8ccccc87)cc6c6c7ccccc7ccc65)nc5c4sc4ccccc45)ccc3c12. The van der Waals surface area contributed by atoms with Gasteiger partial charge in [0.1, 0.15) is 11.2 Å². The smallest absolute Gasteiger partial charge is 0.235 e. The molecule has 0 N–H and O–H groups in total. The second kappa shape index (κ2) is 11.9. The Morgan fingerprint density at radius 2 is 1.05 bits per heavy atom. The van der Waals surface area contributed by atoms with Crippen molar-refractivity contribution in [2.75, 3.05) is 0 Å². The molecule has 0 bridgehead atoms. The van der Waals surface area contributed by atoms with Gasteiger partial charge in [-0.05, 0) is 82.2 Å². The Morgan fingerprint density at radius 1 is 0.417 bits per heavy atom. The Kier molecular flexibility index (Phi) is 6.38. The van der Waals surface area contributed by atoms with Crippen LogP contribution in [0.25, 0.3) is 130 Å². The second-order valence-corrected chi connectivity index (χ2v) is 16.8. The van der Waals surface area contributed by atoms with Gasteiger partial charge < -0.3 is 8.98 Å². The lowest BCUT2D eigenvalue weighted by Crippen LogP contribution is -2.03. The van der Waals surface area contributed by atoms with Crippen molar-refractivity contribution in [3.8, 4) is 22.9 Å². The maximum atomic E-state index is 6.60. The lowest BCUT2D eigenvalue weighted by molar-refractivity contribution is 0.669. The zero-order valence-corrected chi connectivity index (χ0v) is 32.7. The molecule has 0 aliphatic carbocycles. The molecule has 0 fully saturated rings. The number of benzene rings is 9. The van der Waals surface area contributed by atoms with E-state index in [1.807, 2.05) is 0 Å². The van der Waals surface area contributed by atoms with E-state index in [4.69, 9.17) is 14.4 Å². The third-order valence-electron chi connectivity index (χ3n) is 12.5. The summed E-state index contributed by atoms with van der Waals surface area (Å²) >= 11 is 1.75. The van der Waals surface area contributed by atoms with Crippen LogP contribution in [0.15, 0.2) is 186 Å². The van der Waals surface area contributed by atoms with E-state index < -0.39 is 0 Å². The average molecular weight is 783 g/mol. The number of hydrogen-bond donors (Lipinski definition) is 0. The first-order valence-electron chi connectivity index (χ1n) is 20.2. The number of hydrogen-bond acceptors (Lipinski definition) is 4. The van der Waals surface area contributed by atoms with Crippen LogP contribution in [-0.2, 0) is 0 Å². The molecule has 5 nitrogen and oxygen atoms in total. The summed E-state index contributed by atoms with van der Waals surface area (Å²) in [6, 6.07) is 65.3. The third-order valence-corrected chi connectivity index (χ3v) is 13.7. The Balaban J connectivity index is 1.07. The van der Waals surface area contributed by atoms with Crippen molar-refractivity contribution >= 4 is 119 Å². The second-order valence-electron chi connectivity index (χ2n) is 15.7. The first-order chi connectivity index (χ1) is 29.7. The summed E-state index contributed by atoms with van der Waals surface area (Å²) in [7, 11) is 0. The molecule has 14 rings (SSSR count). The zero-order valence-electron chi connectivity index (χ0n) is 31.9. The number of thiophene rings is 1. The predicted octanol–water partition coefficient (Wildman–Crippen LogP) is 14.9. The quantitative estimate of drug-likeness (QED) is 0.179.